The van der Waals surface area contributed by atoms with E-state index in [1.54, 1.807) is 30.2 Å². The lowest BCUT2D eigenvalue weighted by molar-refractivity contribution is -0.141. The predicted molar refractivity (Wildman–Crippen MR) is 107 cm³/mol. The molecule has 1 aliphatic rings. The van der Waals surface area contributed by atoms with Crippen molar-refractivity contribution < 1.29 is 18.0 Å². The van der Waals surface area contributed by atoms with Gasteiger partial charge in [-0.05, 0) is 62.2 Å². The second kappa shape index (κ2) is 7.02. The molecule has 4 rings (SSSR count). The molecule has 1 aliphatic heterocycles. The van der Waals surface area contributed by atoms with Crippen molar-refractivity contribution in [3.63, 3.8) is 0 Å². The van der Waals surface area contributed by atoms with Gasteiger partial charge in [0.05, 0.1) is 27.7 Å². The van der Waals surface area contributed by atoms with Gasteiger partial charge in [0.15, 0.2) is 0 Å². The second-order valence-corrected chi connectivity index (χ2v) is 8.84. The lowest BCUT2D eigenvalue weighted by atomic mass is 9.99. The number of alkyl halides is 3. The Bertz CT molecular complexity index is 1150. The maximum atomic E-state index is 13.3. The van der Waals surface area contributed by atoms with Gasteiger partial charge in [0.2, 0.25) is 5.28 Å². The summed E-state index contributed by atoms with van der Waals surface area (Å²) in [5.41, 5.74) is -0.188. The number of carbonyl (C=O) groups excluding carboxylic acids is 1. The molecule has 0 saturated carbocycles. The lowest BCUT2D eigenvalue weighted by Crippen LogP contribution is -2.41. The Morgan fingerprint density at radius 1 is 1.17 bits per heavy atom. The van der Waals surface area contributed by atoms with E-state index in [0.717, 1.165) is 22.0 Å². The van der Waals surface area contributed by atoms with Crippen molar-refractivity contribution >= 4 is 28.8 Å². The van der Waals surface area contributed by atoms with Gasteiger partial charge in [0.1, 0.15) is 5.69 Å². The Hall–Kier alpha value is -2.52. The summed E-state index contributed by atoms with van der Waals surface area (Å²) in [6.07, 6.45) is -1.89. The van der Waals surface area contributed by atoms with E-state index in [9.17, 15) is 18.0 Å². The molecule has 0 aliphatic carbocycles. The normalized spacial score (nSPS) is 16.6. The van der Waals surface area contributed by atoms with Crippen LogP contribution < -0.4 is 0 Å². The van der Waals surface area contributed by atoms with Crippen LogP contribution in [0.1, 0.15) is 53.3 Å². The highest BCUT2D eigenvalue weighted by Gasteiger charge is 2.47. The Kier molecular flexibility index (Phi) is 4.85. The van der Waals surface area contributed by atoms with Crippen LogP contribution in [-0.4, -0.2) is 25.8 Å². The molecule has 156 valence electrons. The van der Waals surface area contributed by atoms with Crippen LogP contribution in [0.4, 0.5) is 13.2 Å². The van der Waals surface area contributed by atoms with Crippen LogP contribution in [0, 0.1) is 0 Å². The monoisotopic (exact) mass is 452 g/mol. The third-order valence-electron chi connectivity index (χ3n) is 5.16. The zero-order chi connectivity index (χ0) is 21.8. The van der Waals surface area contributed by atoms with Crippen molar-refractivity contribution in [2.24, 2.45) is 0 Å². The van der Waals surface area contributed by atoms with Gasteiger partial charge >= 0.3 is 6.18 Å². The van der Waals surface area contributed by atoms with Gasteiger partial charge in [-0.1, -0.05) is 0 Å². The Balaban J connectivity index is 1.71. The van der Waals surface area contributed by atoms with Crippen molar-refractivity contribution in [2.75, 3.05) is 0 Å². The quantitative estimate of drug-likeness (QED) is 0.476. The smallest absolute Gasteiger partial charge is 0.322 e. The first-order valence-corrected chi connectivity index (χ1v) is 10.2. The molecule has 5 nitrogen and oxygen atoms in total. The first kappa shape index (κ1) is 20.7. The topological polar surface area (TPSA) is 59.0 Å². The van der Waals surface area contributed by atoms with Crippen LogP contribution in [0.25, 0.3) is 10.6 Å². The van der Waals surface area contributed by atoms with Gasteiger partial charge in [-0.2, -0.15) is 13.2 Å². The molecule has 0 radical (unpaired) electrons. The Morgan fingerprint density at radius 3 is 2.50 bits per heavy atom. The number of aromatic nitrogens is 3. The summed E-state index contributed by atoms with van der Waals surface area (Å²) >= 11 is 7.29. The largest absolute Gasteiger partial charge is 0.433 e. The van der Waals surface area contributed by atoms with Gasteiger partial charge < -0.3 is 4.90 Å². The minimum Gasteiger partial charge on any atom is -0.322 e. The van der Waals surface area contributed by atoms with E-state index in [2.05, 4.69) is 15.0 Å². The zero-order valence-corrected chi connectivity index (χ0v) is 17.7. The number of hydrogen-bond donors (Lipinski definition) is 0. The third kappa shape index (κ3) is 3.35. The van der Waals surface area contributed by atoms with E-state index < -0.39 is 23.5 Å². The molecule has 0 fully saturated rings. The van der Waals surface area contributed by atoms with E-state index in [1.807, 2.05) is 13.8 Å². The van der Waals surface area contributed by atoms with E-state index in [1.165, 1.54) is 17.4 Å². The average Bonchev–Trinajstić information content (AvgIpc) is 3.20. The molecule has 0 N–H and O–H groups in total. The standard InChI is InChI=1S/C20H16ClF3N4OS/c1-10(11-4-6-25-15(8-11)20(22,23)24)28-17(29)12-9-14(30-16(12)19(28,2)3)13-5-7-26-18(21)27-13/h4-10H,1-3H3. The summed E-state index contributed by atoms with van der Waals surface area (Å²) in [5, 5.41) is 0.111. The minimum absolute atomic E-state index is 0.111. The maximum absolute atomic E-state index is 13.3. The molecule has 3 aromatic rings. The molecule has 10 heteroatoms. The fourth-order valence-corrected chi connectivity index (χ4v) is 5.13. The number of nitrogens with zero attached hydrogens (tertiary/aromatic N) is 4. The molecule has 4 heterocycles. The van der Waals surface area contributed by atoms with Gasteiger partial charge in [-0.15, -0.1) is 11.3 Å². The summed E-state index contributed by atoms with van der Waals surface area (Å²) in [7, 11) is 0. The van der Waals surface area contributed by atoms with Gasteiger partial charge in [-0.3, -0.25) is 9.78 Å². The molecular formula is C20H16ClF3N4OS. The highest BCUT2D eigenvalue weighted by atomic mass is 35.5. The van der Waals surface area contributed by atoms with Crippen LogP contribution in [0.3, 0.4) is 0 Å². The molecule has 1 unspecified atom stereocenters. The molecule has 0 bridgehead atoms. The van der Waals surface area contributed by atoms with E-state index in [-0.39, 0.29) is 11.2 Å². The molecule has 0 saturated heterocycles. The van der Waals surface area contributed by atoms with Crippen molar-refractivity contribution in [1.82, 2.24) is 19.9 Å². The number of thiophene rings is 1. The van der Waals surface area contributed by atoms with Crippen LogP contribution >= 0.6 is 22.9 Å². The molecule has 0 spiro atoms. The van der Waals surface area contributed by atoms with Gasteiger partial charge in [-0.25, -0.2) is 9.97 Å². The molecule has 0 aromatic carbocycles. The molecule has 1 amide bonds. The molecule has 1 atom stereocenters. The van der Waals surface area contributed by atoms with E-state index in [4.69, 9.17) is 11.6 Å². The van der Waals surface area contributed by atoms with E-state index >= 15 is 0 Å². The molecule has 3 aromatic heterocycles. The summed E-state index contributed by atoms with van der Waals surface area (Å²) in [5.74, 6) is -0.240. The zero-order valence-electron chi connectivity index (χ0n) is 16.2. The second-order valence-electron chi connectivity index (χ2n) is 7.45. The fraction of sp³-hybridized carbons (Fsp3) is 0.300. The van der Waals surface area contributed by atoms with Crippen LogP contribution in [0.15, 0.2) is 36.7 Å². The summed E-state index contributed by atoms with van der Waals surface area (Å²) in [6, 6.07) is 5.38. The lowest BCUT2D eigenvalue weighted by Gasteiger charge is -2.37. The number of pyridine rings is 1. The Morgan fingerprint density at radius 2 is 1.87 bits per heavy atom. The SMILES string of the molecule is CC(c1ccnc(C(F)(F)F)c1)N1C(=O)c2cc(-c3ccnc(Cl)n3)sc2C1(C)C. The highest BCUT2D eigenvalue weighted by molar-refractivity contribution is 7.16. The summed E-state index contributed by atoms with van der Waals surface area (Å²) in [6.45, 7) is 5.48. The van der Waals surface area contributed by atoms with E-state index in [0.29, 0.717) is 16.8 Å². The van der Waals surface area contributed by atoms with Crippen LogP contribution in [0.5, 0.6) is 0 Å². The Labute approximate surface area is 179 Å². The minimum atomic E-state index is -4.55. The number of amides is 1. The summed E-state index contributed by atoms with van der Waals surface area (Å²) in [4.78, 5) is 27.9. The number of carbonyl (C=O) groups is 1. The van der Waals surface area contributed by atoms with Crippen molar-refractivity contribution in [3.8, 4) is 10.6 Å². The highest BCUT2D eigenvalue weighted by Crippen LogP contribution is 2.49. The number of fused-ring (bicyclic) bond motifs is 1. The number of rotatable bonds is 3. The maximum Gasteiger partial charge on any atom is 0.433 e. The first-order valence-electron chi connectivity index (χ1n) is 9.00. The molecular weight excluding hydrogens is 437 g/mol. The summed E-state index contributed by atoms with van der Waals surface area (Å²) < 4.78 is 39.2. The van der Waals surface area contributed by atoms with Gasteiger partial charge in [0, 0.05) is 17.3 Å². The average molecular weight is 453 g/mol. The number of halogens is 4. The third-order valence-corrected chi connectivity index (χ3v) is 6.81. The van der Waals surface area contributed by atoms with Gasteiger partial charge in [0.25, 0.3) is 5.91 Å². The fourth-order valence-electron chi connectivity index (χ4n) is 3.77. The van der Waals surface area contributed by atoms with Crippen molar-refractivity contribution in [2.45, 2.75) is 38.5 Å². The first-order chi connectivity index (χ1) is 14.0. The predicted octanol–water partition coefficient (Wildman–Crippen LogP) is 5.72. The van der Waals surface area contributed by atoms with Crippen molar-refractivity contribution in [1.29, 1.82) is 0 Å². The van der Waals surface area contributed by atoms with Crippen molar-refractivity contribution in [3.05, 3.63) is 63.6 Å². The molecule has 30 heavy (non-hydrogen) atoms. The number of hydrogen-bond acceptors (Lipinski definition) is 5. The van der Waals surface area contributed by atoms with Crippen LogP contribution in [-0.2, 0) is 11.7 Å². The van der Waals surface area contributed by atoms with Crippen LogP contribution in [0.2, 0.25) is 5.28 Å².